The fourth-order valence-electron chi connectivity index (χ4n) is 4.52. The van der Waals surface area contributed by atoms with Gasteiger partial charge in [0.1, 0.15) is 12.6 Å². The van der Waals surface area contributed by atoms with Gasteiger partial charge in [-0.15, -0.1) is 0 Å². The second-order valence-electron chi connectivity index (χ2n) is 10.8. The standard InChI is InChI=1S/C33H43N3O4S/c1-7-26(6)34-33(38)31(8-2)35(22-27-16-14-25(5)15-17-27)32(37)23-36(29-20-18-28(19-21-29)24(3)4)41(39,40)30-12-10-9-11-13-30/h9-21,24,26,31H,7-8,22-23H2,1-6H3,(H,34,38)/t26-,31-/m0/s1. The molecular weight excluding hydrogens is 534 g/mol. The molecule has 1 N–H and O–H groups in total. The van der Waals surface area contributed by atoms with Crippen LogP contribution in [0.15, 0.2) is 83.8 Å². The summed E-state index contributed by atoms with van der Waals surface area (Å²) in [5, 5.41) is 3.00. The molecular formula is C33H43N3O4S. The molecule has 3 aromatic rings. The molecule has 0 radical (unpaired) electrons. The monoisotopic (exact) mass is 577 g/mol. The maximum atomic E-state index is 14.2. The van der Waals surface area contributed by atoms with Crippen molar-refractivity contribution in [3.8, 4) is 0 Å². The molecule has 0 aliphatic rings. The van der Waals surface area contributed by atoms with Gasteiger partial charge in [-0.25, -0.2) is 8.42 Å². The quantitative estimate of drug-likeness (QED) is 0.269. The average molecular weight is 578 g/mol. The maximum Gasteiger partial charge on any atom is 0.264 e. The van der Waals surface area contributed by atoms with E-state index in [1.807, 2.05) is 64.1 Å². The van der Waals surface area contributed by atoms with Gasteiger partial charge in [-0.1, -0.05) is 87.9 Å². The van der Waals surface area contributed by atoms with Crippen molar-refractivity contribution in [3.63, 3.8) is 0 Å². The largest absolute Gasteiger partial charge is 0.352 e. The van der Waals surface area contributed by atoms with E-state index in [0.717, 1.165) is 27.4 Å². The lowest BCUT2D eigenvalue weighted by molar-refractivity contribution is -0.140. The molecule has 0 spiro atoms. The lowest BCUT2D eigenvalue weighted by Crippen LogP contribution is -2.53. The Labute approximate surface area is 245 Å². The van der Waals surface area contributed by atoms with Crippen LogP contribution in [-0.2, 0) is 26.2 Å². The lowest BCUT2D eigenvalue weighted by atomic mass is 10.0. The van der Waals surface area contributed by atoms with Crippen molar-refractivity contribution in [2.75, 3.05) is 10.8 Å². The average Bonchev–Trinajstić information content (AvgIpc) is 2.97. The summed E-state index contributed by atoms with van der Waals surface area (Å²) in [7, 11) is -4.08. The van der Waals surface area contributed by atoms with Gasteiger partial charge in [-0.05, 0) is 68.0 Å². The molecule has 0 heterocycles. The fraction of sp³-hybridized carbons (Fsp3) is 0.394. The summed E-state index contributed by atoms with van der Waals surface area (Å²) in [6, 6.07) is 22.3. The van der Waals surface area contributed by atoms with Crippen LogP contribution in [0.3, 0.4) is 0 Å². The van der Waals surface area contributed by atoms with Crippen LogP contribution in [0.4, 0.5) is 5.69 Å². The molecule has 0 saturated carbocycles. The van der Waals surface area contributed by atoms with Gasteiger partial charge in [-0.3, -0.25) is 13.9 Å². The van der Waals surface area contributed by atoms with Crippen molar-refractivity contribution in [2.24, 2.45) is 0 Å². The number of nitrogens with one attached hydrogen (secondary N) is 1. The van der Waals surface area contributed by atoms with Crippen LogP contribution in [-0.4, -0.2) is 43.8 Å². The molecule has 8 heteroatoms. The highest BCUT2D eigenvalue weighted by Crippen LogP contribution is 2.27. The van der Waals surface area contributed by atoms with Gasteiger partial charge in [0.2, 0.25) is 11.8 Å². The number of hydrogen-bond donors (Lipinski definition) is 1. The number of benzene rings is 3. The zero-order valence-corrected chi connectivity index (χ0v) is 25.8. The van der Waals surface area contributed by atoms with E-state index in [9.17, 15) is 18.0 Å². The third-order valence-corrected chi connectivity index (χ3v) is 9.11. The van der Waals surface area contributed by atoms with Crippen molar-refractivity contribution >= 4 is 27.5 Å². The van der Waals surface area contributed by atoms with Gasteiger partial charge in [0.15, 0.2) is 0 Å². The molecule has 2 amide bonds. The lowest BCUT2D eigenvalue weighted by Gasteiger charge is -2.33. The minimum atomic E-state index is -4.08. The van der Waals surface area contributed by atoms with Gasteiger partial charge in [0.25, 0.3) is 10.0 Å². The van der Waals surface area contributed by atoms with Gasteiger partial charge >= 0.3 is 0 Å². The molecule has 41 heavy (non-hydrogen) atoms. The Hall–Kier alpha value is -3.65. The van der Waals surface area contributed by atoms with E-state index in [1.165, 1.54) is 17.0 Å². The topological polar surface area (TPSA) is 86.8 Å². The number of carbonyl (C=O) groups is 2. The van der Waals surface area contributed by atoms with Crippen LogP contribution >= 0.6 is 0 Å². The number of amides is 2. The normalized spacial score (nSPS) is 13.0. The third kappa shape index (κ3) is 8.19. The van der Waals surface area contributed by atoms with E-state index in [0.29, 0.717) is 12.1 Å². The number of hydrogen-bond acceptors (Lipinski definition) is 4. The Balaban J connectivity index is 2.05. The molecule has 7 nitrogen and oxygen atoms in total. The molecule has 0 aromatic heterocycles. The number of nitrogens with zero attached hydrogens (tertiary/aromatic N) is 2. The zero-order valence-electron chi connectivity index (χ0n) is 25.0. The highest BCUT2D eigenvalue weighted by atomic mass is 32.2. The summed E-state index contributed by atoms with van der Waals surface area (Å²) in [6.07, 6.45) is 1.14. The van der Waals surface area contributed by atoms with Gasteiger partial charge < -0.3 is 10.2 Å². The highest BCUT2D eigenvalue weighted by Gasteiger charge is 2.34. The minimum absolute atomic E-state index is 0.0534. The maximum absolute atomic E-state index is 14.2. The number of aryl methyl sites for hydroxylation is 1. The molecule has 0 bridgehead atoms. The molecule has 0 fully saturated rings. The van der Waals surface area contributed by atoms with E-state index < -0.39 is 28.5 Å². The summed E-state index contributed by atoms with van der Waals surface area (Å²) in [4.78, 5) is 29.1. The van der Waals surface area contributed by atoms with Gasteiger partial charge in [0.05, 0.1) is 10.6 Å². The third-order valence-electron chi connectivity index (χ3n) is 7.32. The number of anilines is 1. The Morgan fingerprint density at radius 3 is 1.98 bits per heavy atom. The summed E-state index contributed by atoms with van der Waals surface area (Å²) >= 11 is 0. The SMILES string of the molecule is CC[C@H](C)NC(=O)[C@H](CC)N(Cc1ccc(C)cc1)C(=O)CN(c1ccc(C(C)C)cc1)S(=O)(=O)c1ccccc1. The Kier molecular flexibility index (Phi) is 11.1. The fourth-order valence-corrected chi connectivity index (χ4v) is 5.96. The predicted molar refractivity (Wildman–Crippen MR) is 165 cm³/mol. The van der Waals surface area contributed by atoms with E-state index in [2.05, 4.69) is 19.2 Å². The van der Waals surface area contributed by atoms with Crippen LogP contribution in [0, 0.1) is 6.92 Å². The van der Waals surface area contributed by atoms with Gasteiger partial charge in [0, 0.05) is 12.6 Å². The first-order valence-corrected chi connectivity index (χ1v) is 15.7. The number of rotatable bonds is 13. The smallest absolute Gasteiger partial charge is 0.264 e. The molecule has 2 atom stereocenters. The van der Waals surface area contributed by atoms with Crippen LogP contribution in [0.5, 0.6) is 0 Å². The second-order valence-corrected chi connectivity index (χ2v) is 12.7. The van der Waals surface area contributed by atoms with E-state index in [-0.39, 0.29) is 29.3 Å². The molecule has 220 valence electrons. The van der Waals surface area contributed by atoms with Gasteiger partial charge in [-0.2, -0.15) is 0 Å². The van der Waals surface area contributed by atoms with Crippen LogP contribution in [0.25, 0.3) is 0 Å². The molecule has 0 aliphatic heterocycles. The highest BCUT2D eigenvalue weighted by molar-refractivity contribution is 7.92. The van der Waals surface area contributed by atoms with Crippen LogP contribution in [0.1, 0.15) is 70.1 Å². The second kappa shape index (κ2) is 14.3. The summed E-state index contributed by atoms with van der Waals surface area (Å²) < 4.78 is 29.0. The number of sulfonamides is 1. The Bertz CT molecular complexity index is 1390. The van der Waals surface area contributed by atoms with E-state index in [1.54, 1.807) is 30.3 Å². The molecule has 0 aliphatic carbocycles. The van der Waals surface area contributed by atoms with Crippen molar-refractivity contribution in [1.82, 2.24) is 10.2 Å². The van der Waals surface area contributed by atoms with Crippen LogP contribution in [0.2, 0.25) is 0 Å². The first-order valence-electron chi connectivity index (χ1n) is 14.3. The first kappa shape index (κ1) is 31.9. The molecule has 3 aromatic carbocycles. The number of carbonyl (C=O) groups excluding carboxylic acids is 2. The zero-order chi connectivity index (χ0) is 30.2. The predicted octanol–water partition coefficient (Wildman–Crippen LogP) is 6.04. The van der Waals surface area contributed by atoms with Crippen molar-refractivity contribution in [1.29, 1.82) is 0 Å². The van der Waals surface area contributed by atoms with E-state index in [4.69, 9.17) is 0 Å². The Morgan fingerprint density at radius 2 is 1.44 bits per heavy atom. The Morgan fingerprint density at radius 1 is 0.829 bits per heavy atom. The molecule has 0 unspecified atom stereocenters. The minimum Gasteiger partial charge on any atom is -0.352 e. The van der Waals surface area contributed by atoms with Crippen molar-refractivity contribution in [2.45, 2.75) is 83.8 Å². The first-order chi connectivity index (χ1) is 19.5. The van der Waals surface area contributed by atoms with Crippen molar-refractivity contribution < 1.29 is 18.0 Å². The van der Waals surface area contributed by atoms with E-state index >= 15 is 0 Å². The summed E-state index contributed by atoms with van der Waals surface area (Å²) in [6.45, 7) is 11.6. The summed E-state index contributed by atoms with van der Waals surface area (Å²) in [5.41, 5.74) is 3.39. The molecule has 3 rings (SSSR count). The van der Waals surface area contributed by atoms with Crippen LogP contribution < -0.4 is 9.62 Å². The molecule has 0 saturated heterocycles. The summed E-state index contributed by atoms with van der Waals surface area (Å²) in [5.74, 6) is -0.436. The van der Waals surface area contributed by atoms with Crippen molar-refractivity contribution in [3.05, 3.63) is 95.6 Å².